The standard InChI is InChI=1S/C13H22BrN3O2S/c1-12(2,3)11-16-9(14)7-10(17-11)15-8-13(4,5)20(6,18)19/h7H,8H2,1-6H3,(H,15,16,17). The molecule has 0 unspecified atom stereocenters. The van der Waals surface area contributed by atoms with Crippen LogP contribution < -0.4 is 5.32 Å². The molecule has 0 amide bonds. The molecular formula is C13H22BrN3O2S. The highest BCUT2D eigenvalue weighted by molar-refractivity contribution is 9.10. The summed E-state index contributed by atoms with van der Waals surface area (Å²) in [5.41, 5.74) is -0.174. The lowest BCUT2D eigenvalue weighted by atomic mass is 9.96. The largest absolute Gasteiger partial charge is 0.368 e. The fourth-order valence-electron chi connectivity index (χ4n) is 1.28. The first-order chi connectivity index (χ1) is 8.83. The third kappa shape index (κ3) is 4.41. The van der Waals surface area contributed by atoms with E-state index in [1.54, 1.807) is 19.9 Å². The Hall–Kier alpha value is -0.690. The van der Waals surface area contributed by atoms with E-state index in [1.165, 1.54) is 6.26 Å². The lowest BCUT2D eigenvalue weighted by molar-refractivity contribution is 0.542. The van der Waals surface area contributed by atoms with E-state index in [2.05, 4.69) is 31.2 Å². The van der Waals surface area contributed by atoms with Crippen LogP contribution in [-0.4, -0.2) is 35.9 Å². The average Bonchev–Trinajstić information content (AvgIpc) is 2.23. The molecule has 1 rings (SSSR count). The Kier molecular flexibility index (Phi) is 4.86. The zero-order valence-corrected chi connectivity index (χ0v) is 15.2. The zero-order valence-electron chi connectivity index (χ0n) is 12.8. The Morgan fingerprint density at radius 3 is 2.20 bits per heavy atom. The Labute approximate surface area is 129 Å². The van der Waals surface area contributed by atoms with Gasteiger partial charge in [-0.05, 0) is 29.8 Å². The quantitative estimate of drug-likeness (QED) is 0.832. The van der Waals surface area contributed by atoms with Crippen LogP contribution >= 0.6 is 15.9 Å². The van der Waals surface area contributed by atoms with Gasteiger partial charge in [0.2, 0.25) is 0 Å². The minimum atomic E-state index is -3.14. The Bertz CT molecular complexity index is 592. The summed E-state index contributed by atoms with van der Waals surface area (Å²) in [5, 5.41) is 3.08. The van der Waals surface area contributed by atoms with Crippen LogP contribution in [0.25, 0.3) is 0 Å². The molecule has 0 fully saturated rings. The molecule has 0 aromatic carbocycles. The highest BCUT2D eigenvalue weighted by atomic mass is 79.9. The second-order valence-electron chi connectivity index (χ2n) is 6.53. The first-order valence-electron chi connectivity index (χ1n) is 6.31. The van der Waals surface area contributed by atoms with Crippen molar-refractivity contribution in [2.75, 3.05) is 18.1 Å². The molecule has 114 valence electrons. The highest BCUT2D eigenvalue weighted by Gasteiger charge is 2.30. The summed E-state index contributed by atoms with van der Waals surface area (Å²) in [7, 11) is -3.14. The summed E-state index contributed by atoms with van der Waals surface area (Å²) in [4.78, 5) is 8.79. The predicted octanol–water partition coefficient (Wildman–Crippen LogP) is 2.77. The van der Waals surface area contributed by atoms with Gasteiger partial charge in [-0.2, -0.15) is 0 Å². The number of hydrogen-bond acceptors (Lipinski definition) is 5. The molecule has 1 aromatic heterocycles. The van der Waals surface area contributed by atoms with Crippen molar-refractivity contribution in [2.45, 2.75) is 44.8 Å². The van der Waals surface area contributed by atoms with Crippen molar-refractivity contribution in [3.63, 3.8) is 0 Å². The number of rotatable bonds is 4. The van der Waals surface area contributed by atoms with E-state index < -0.39 is 14.6 Å². The lowest BCUT2D eigenvalue weighted by Crippen LogP contribution is -2.38. The summed E-state index contributed by atoms with van der Waals surface area (Å²) in [6.45, 7) is 9.75. The van der Waals surface area contributed by atoms with Crippen LogP contribution in [-0.2, 0) is 15.3 Å². The molecular weight excluding hydrogens is 342 g/mol. The smallest absolute Gasteiger partial charge is 0.154 e. The minimum absolute atomic E-state index is 0.174. The normalized spacial score (nSPS) is 13.3. The number of aromatic nitrogens is 2. The van der Waals surface area contributed by atoms with E-state index in [0.29, 0.717) is 22.8 Å². The van der Waals surface area contributed by atoms with E-state index >= 15 is 0 Å². The van der Waals surface area contributed by atoms with Crippen LogP contribution in [0.15, 0.2) is 10.7 Å². The molecule has 0 aliphatic rings. The number of halogens is 1. The van der Waals surface area contributed by atoms with Crippen LogP contribution in [0, 0.1) is 0 Å². The lowest BCUT2D eigenvalue weighted by Gasteiger charge is -2.24. The fraction of sp³-hybridized carbons (Fsp3) is 0.692. The molecule has 0 aliphatic heterocycles. The minimum Gasteiger partial charge on any atom is -0.368 e. The van der Waals surface area contributed by atoms with Crippen molar-refractivity contribution in [3.8, 4) is 0 Å². The van der Waals surface area contributed by atoms with Gasteiger partial charge in [0, 0.05) is 24.3 Å². The van der Waals surface area contributed by atoms with E-state index in [-0.39, 0.29) is 5.41 Å². The molecule has 0 radical (unpaired) electrons. The van der Waals surface area contributed by atoms with Crippen LogP contribution in [0.1, 0.15) is 40.4 Å². The molecule has 0 bridgehead atoms. The molecule has 1 aromatic rings. The van der Waals surface area contributed by atoms with Gasteiger partial charge in [-0.25, -0.2) is 18.4 Å². The van der Waals surface area contributed by atoms with Crippen LogP contribution in [0.2, 0.25) is 0 Å². The van der Waals surface area contributed by atoms with Gasteiger partial charge in [-0.3, -0.25) is 0 Å². The molecule has 0 saturated heterocycles. The monoisotopic (exact) mass is 363 g/mol. The van der Waals surface area contributed by atoms with Crippen molar-refractivity contribution < 1.29 is 8.42 Å². The molecule has 0 spiro atoms. The molecule has 7 heteroatoms. The Morgan fingerprint density at radius 2 is 1.75 bits per heavy atom. The van der Waals surface area contributed by atoms with Gasteiger partial charge in [0.05, 0.1) is 4.75 Å². The molecule has 5 nitrogen and oxygen atoms in total. The summed E-state index contributed by atoms with van der Waals surface area (Å²) in [6.07, 6.45) is 1.24. The van der Waals surface area contributed by atoms with Crippen molar-refractivity contribution in [1.29, 1.82) is 0 Å². The number of nitrogens with one attached hydrogen (secondary N) is 1. The Balaban J connectivity index is 2.98. The molecule has 0 aliphatic carbocycles. The summed E-state index contributed by atoms with van der Waals surface area (Å²) in [6, 6.07) is 1.74. The maximum Gasteiger partial charge on any atom is 0.154 e. The van der Waals surface area contributed by atoms with Crippen LogP contribution in [0.5, 0.6) is 0 Å². The summed E-state index contributed by atoms with van der Waals surface area (Å²) < 4.78 is 23.2. The Morgan fingerprint density at radius 1 is 1.20 bits per heavy atom. The number of hydrogen-bond donors (Lipinski definition) is 1. The summed E-state index contributed by atoms with van der Waals surface area (Å²) in [5.74, 6) is 1.32. The number of sulfone groups is 1. The predicted molar refractivity (Wildman–Crippen MR) is 85.8 cm³/mol. The maximum atomic E-state index is 11.7. The molecule has 20 heavy (non-hydrogen) atoms. The van der Waals surface area contributed by atoms with Gasteiger partial charge in [-0.15, -0.1) is 0 Å². The second kappa shape index (κ2) is 5.60. The topological polar surface area (TPSA) is 72.0 Å². The highest BCUT2D eigenvalue weighted by Crippen LogP contribution is 2.23. The fourth-order valence-corrected chi connectivity index (χ4v) is 2.00. The van der Waals surface area contributed by atoms with E-state index in [4.69, 9.17) is 0 Å². The van der Waals surface area contributed by atoms with Gasteiger partial charge < -0.3 is 5.32 Å². The molecule has 0 saturated carbocycles. The van der Waals surface area contributed by atoms with Crippen molar-refractivity contribution >= 4 is 31.6 Å². The van der Waals surface area contributed by atoms with E-state index in [0.717, 1.165) is 0 Å². The second-order valence-corrected chi connectivity index (χ2v) is 10.00. The average molecular weight is 364 g/mol. The van der Waals surface area contributed by atoms with Crippen LogP contribution in [0.3, 0.4) is 0 Å². The first kappa shape index (κ1) is 17.4. The number of nitrogens with zero attached hydrogens (tertiary/aromatic N) is 2. The molecule has 1 heterocycles. The van der Waals surface area contributed by atoms with E-state index in [1.807, 2.05) is 20.8 Å². The first-order valence-corrected chi connectivity index (χ1v) is 9.00. The number of anilines is 1. The third-order valence-electron chi connectivity index (χ3n) is 3.06. The molecule has 0 atom stereocenters. The maximum absolute atomic E-state index is 11.7. The summed E-state index contributed by atoms with van der Waals surface area (Å²) >= 11 is 3.36. The van der Waals surface area contributed by atoms with Gasteiger partial charge in [0.25, 0.3) is 0 Å². The van der Waals surface area contributed by atoms with Crippen molar-refractivity contribution in [2.24, 2.45) is 0 Å². The van der Waals surface area contributed by atoms with Crippen LogP contribution in [0.4, 0.5) is 5.82 Å². The van der Waals surface area contributed by atoms with Gasteiger partial charge in [0.15, 0.2) is 9.84 Å². The van der Waals surface area contributed by atoms with Gasteiger partial charge in [-0.1, -0.05) is 20.8 Å². The van der Waals surface area contributed by atoms with E-state index in [9.17, 15) is 8.42 Å². The van der Waals surface area contributed by atoms with Crippen molar-refractivity contribution in [3.05, 3.63) is 16.5 Å². The van der Waals surface area contributed by atoms with Gasteiger partial charge >= 0.3 is 0 Å². The molecule has 1 N–H and O–H groups in total. The third-order valence-corrected chi connectivity index (χ3v) is 5.62. The van der Waals surface area contributed by atoms with Crippen molar-refractivity contribution in [1.82, 2.24) is 9.97 Å². The zero-order chi connectivity index (χ0) is 15.8. The van der Waals surface area contributed by atoms with Gasteiger partial charge in [0.1, 0.15) is 16.2 Å². The SMILES string of the molecule is CC(C)(C)c1nc(Br)cc(NCC(C)(C)S(C)(=O)=O)n1.